The van der Waals surface area contributed by atoms with Crippen molar-refractivity contribution in [3.8, 4) is 11.4 Å². The van der Waals surface area contributed by atoms with Gasteiger partial charge in [0.15, 0.2) is 0 Å². The Morgan fingerprint density at radius 1 is 0.522 bits per heavy atom. The van der Waals surface area contributed by atoms with Crippen molar-refractivity contribution in [2.75, 3.05) is 4.90 Å². The zero-order valence-corrected chi connectivity index (χ0v) is 25.5. The second-order valence-electron chi connectivity index (χ2n) is 12.8. The molecule has 0 saturated heterocycles. The van der Waals surface area contributed by atoms with E-state index in [1.165, 1.54) is 66.2 Å². The van der Waals surface area contributed by atoms with Crippen LogP contribution in [0.5, 0.6) is 0 Å². The summed E-state index contributed by atoms with van der Waals surface area (Å²) < 4.78 is 4.91. The molecule has 8 aromatic rings. The fourth-order valence-corrected chi connectivity index (χ4v) is 8.33. The summed E-state index contributed by atoms with van der Waals surface area (Å²) in [4.78, 5) is 2.53. The third kappa shape index (κ3) is 3.32. The average molecular weight is 590 g/mol. The topological polar surface area (TPSA) is 13.1 Å². The monoisotopic (exact) mass is 589 g/mol. The molecule has 0 bridgehead atoms. The molecule has 2 atom stereocenters. The van der Waals surface area contributed by atoms with E-state index in [2.05, 4.69) is 185 Å². The van der Waals surface area contributed by atoms with Crippen LogP contribution in [0, 0.1) is 0 Å². The Labute approximate surface area is 267 Å². The van der Waals surface area contributed by atoms with E-state index in [9.17, 15) is 0 Å². The molecule has 218 valence electrons. The van der Waals surface area contributed by atoms with Gasteiger partial charge in [0, 0.05) is 49.7 Å². The van der Waals surface area contributed by atoms with E-state index < -0.39 is 0 Å². The molecule has 0 spiro atoms. The predicted molar refractivity (Wildman–Crippen MR) is 193 cm³/mol. The molecular formula is C43H31N3. The summed E-state index contributed by atoms with van der Waals surface area (Å²) in [5.41, 5.74) is 11.0. The van der Waals surface area contributed by atoms with Crippen LogP contribution in [0.3, 0.4) is 0 Å². The van der Waals surface area contributed by atoms with Crippen LogP contribution in [0.4, 0.5) is 11.4 Å². The molecule has 3 heterocycles. The summed E-state index contributed by atoms with van der Waals surface area (Å²) >= 11 is 0. The van der Waals surface area contributed by atoms with Crippen molar-refractivity contribution in [1.82, 2.24) is 9.13 Å². The van der Waals surface area contributed by atoms with E-state index in [0.717, 1.165) is 5.69 Å². The molecule has 0 fully saturated rings. The number of fused-ring (bicyclic) bond motifs is 10. The van der Waals surface area contributed by atoms with Crippen molar-refractivity contribution >= 4 is 55.0 Å². The zero-order valence-electron chi connectivity index (χ0n) is 25.5. The van der Waals surface area contributed by atoms with E-state index in [1.54, 1.807) is 0 Å². The number of para-hydroxylation sites is 4. The standard InChI is InChI=1S/C43H31N3/c1-43-27-12-11-24-40(43)45(38-23-10-7-20-35(38)43)30-16-13-17-31(28-30)46-36-21-8-5-18-32(36)33-25-26-39-41(42(33)46)34-19-6-9-22-37(34)44(39)29-14-3-2-4-15-29/h2-28,40H,1H3. The molecule has 2 aliphatic rings. The smallest absolute Gasteiger partial charge is 0.0655 e. The average Bonchev–Trinajstić information content (AvgIpc) is 3.72. The summed E-state index contributed by atoms with van der Waals surface area (Å²) in [7, 11) is 0. The number of rotatable bonds is 3. The summed E-state index contributed by atoms with van der Waals surface area (Å²) in [6.07, 6.45) is 9.12. The first-order chi connectivity index (χ1) is 22.7. The van der Waals surface area contributed by atoms with Crippen LogP contribution < -0.4 is 4.90 Å². The van der Waals surface area contributed by atoms with Crippen LogP contribution >= 0.6 is 0 Å². The van der Waals surface area contributed by atoms with Gasteiger partial charge in [0.05, 0.1) is 28.1 Å². The van der Waals surface area contributed by atoms with E-state index in [4.69, 9.17) is 0 Å². The number of benzene rings is 6. The highest BCUT2D eigenvalue weighted by Crippen LogP contribution is 2.51. The second-order valence-corrected chi connectivity index (χ2v) is 12.8. The summed E-state index contributed by atoms with van der Waals surface area (Å²) in [6.45, 7) is 2.37. The molecule has 2 unspecified atom stereocenters. The first-order valence-corrected chi connectivity index (χ1v) is 16.1. The van der Waals surface area contributed by atoms with Gasteiger partial charge in [-0.3, -0.25) is 0 Å². The quantitative estimate of drug-likeness (QED) is 0.200. The first-order valence-electron chi connectivity index (χ1n) is 16.1. The van der Waals surface area contributed by atoms with Gasteiger partial charge in [0.2, 0.25) is 0 Å². The lowest BCUT2D eigenvalue weighted by atomic mass is 9.76. The van der Waals surface area contributed by atoms with Gasteiger partial charge in [-0.25, -0.2) is 0 Å². The van der Waals surface area contributed by atoms with Crippen LogP contribution in [0.25, 0.3) is 55.0 Å². The largest absolute Gasteiger partial charge is 0.333 e. The van der Waals surface area contributed by atoms with Crippen LogP contribution in [0.2, 0.25) is 0 Å². The molecule has 0 radical (unpaired) electrons. The number of hydrogen-bond donors (Lipinski definition) is 0. The summed E-state index contributed by atoms with van der Waals surface area (Å²) in [6, 6.07) is 51.3. The third-order valence-electron chi connectivity index (χ3n) is 10.3. The molecule has 0 saturated carbocycles. The van der Waals surface area contributed by atoms with Crippen molar-refractivity contribution in [1.29, 1.82) is 0 Å². The lowest BCUT2D eigenvalue weighted by molar-refractivity contribution is 0.550. The van der Waals surface area contributed by atoms with Crippen LogP contribution in [0.15, 0.2) is 164 Å². The molecule has 2 aromatic heterocycles. The van der Waals surface area contributed by atoms with Crippen LogP contribution in [0.1, 0.15) is 12.5 Å². The van der Waals surface area contributed by atoms with Crippen LogP contribution in [-0.4, -0.2) is 15.2 Å². The fourth-order valence-electron chi connectivity index (χ4n) is 8.33. The molecular weight excluding hydrogens is 558 g/mol. The maximum absolute atomic E-state index is 2.53. The third-order valence-corrected chi connectivity index (χ3v) is 10.3. The zero-order chi connectivity index (χ0) is 30.4. The maximum Gasteiger partial charge on any atom is 0.0655 e. The van der Waals surface area contributed by atoms with Gasteiger partial charge in [-0.15, -0.1) is 0 Å². The molecule has 1 aliphatic heterocycles. The van der Waals surface area contributed by atoms with Crippen molar-refractivity contribution in [2.45, 2.75) is 18.4 Å². The van der Waals surface area contributed by atoms with Gasteiger partial charge in [-0.1, -0.05) is 109 Å². The van der Waals surface area contributed by atoms with Gasteiger partial charge in [0.25, 0.3) is 0 Å². The summed E-state index contributed by atoms with van der Waals surface area (Å²) in [5.74, 6) is 0. The highest BCUT2D eigenvalue weighted by molar-refractivity contribution is 6.26. The Morgan fingerprint density at radius 3 is 2.09 bits per heavy atom. The van der Waals surface area contributed by atoms with E-state index in [0.29, 0.717) is 0 Å². The van der Waals surface area contributed by atoms with Crippen molar-refractivity contribution in [2.24, 2.45) is 0 Å². The predicted octanol–water partition coefficient (Wildman–Crippen LogP) is 10.8. The SMILES string of the molecule is CC12C=CC=CC1N(c1cccc(-n3c4ccccc4c4ccc5c(c6ccccc6n5-c5ccccc5)c43)c1)c1ccccc12. The van der Waals surface area contributed by atoms with Gasteiger partial charge < -0.3 is 14.0 Å². The molecule has 46 heavy (non-hydrogen) atoms. The number of nitrogens with zero attached hydrogens (tertiary/aromatic N) is 3. The van der Waals surface area contributed by atoms with Crippen molar-refractivity contribution < 1.29 is 0 Å². The summed E-state index contributed by atoms with van der Waals surface area (Å²) in [5, 5.41) is 5.07. The molecule has 0 N–H and O–H groups in total. The number of anilines is 2. The normalized spacial score (nSPS) is 18.6. The Kier molecular flexibility index (Phi) is 5.19. The number of aromatic nitrogens is 2. The van der Waals surface area contributed by atoms with Gasteiger partial charge in [-0.2, -0.15) is 0 Å². The van der Waals surface area contributed by atoms with Crippen molar-refractivity contribution in [3.63, 3.8) is 0 Å². The highest BCUT2D eigenvalue weighted by Gasteiger charge is 2.46. The molecule has 0 amide bonds. The Balaban J connectivity index is 1.28. The number of hydrogen-bond acceptors (Lipinski definition) is 1. The minimum absolute atomic E-state index is 0.0837. The Bertz CT molecular complexity index is 2560. The fraction of sp³-hybridized carbons (Fsp3) is 0.0698. The van der Waals surface area contributed by atoms with Gasteiger partial charge in [0.1, 0.15) is 0 Å². The minimum Gasteiger partial charge on any atom is -0.333 e. The molecule has 3 heteroatoms. The highest BCUT2D eigenvalue weighted by atomic mass is 15.2. The Morgan fingerprint density at radius 2 is 1.22 bits per heavy atom. The second kappa shape index (κ2) is 9.35. The molecule has 6 aromatic carbocycles. The minimum atomic E-state index is -0.0837. The Hall–Kier alpha value is -5.80. The van der Waals surface area contributed by atoms with E-state index in [1.807, 2.05) is 0 Å². The van der Waals surface area contributed by atoms with Crippen LogP contribution in [-0.2, 0) is 5.41 Å². The molecule has 10 rings (SSSR count). The maximum atomic E-state index is 2.53. The van der Waals surface area contributed by atoms with E-state index >= 15 is 0 Å². The van der Waals surface area contributed by atoms with Gasteiger partial charge >= 0.3 is 0 Å². The first kappa shape index (κ1) is 25.5. The lowest BCUT2D eigenvalue weighted by Gasteiger charge is -2.34. The number of allylic oxidation sites excluding steroid dienone is 2. The lowest BCUT2D eigenvalue weighted by Crippen LogP contribution is -2.39. The van der Waals surface area contributed by atoms with Gasteiger partial charge in [-0.05, 0) is 67.1 Å². The van der Waals surface area contributed by atoms with E-state index in [-0.39, 0.29) is 11.5 Å². The molecule has 3 nitrogen and oxygen atoms in total. The van der Waals surface area contributed by atoms with Crippen molar-refractivity contribution in [3.05, 3.63) is 169 Å². The molecule has 1 aliphatic carbocycles.